The Balaban J connectivity index is 0.00000180. The van der Waals surface area contributed by atoms with E-state index < -0.39 is 10.0 Å². The van der Waals surface area contributed by atoms with E-state index >= 15 is 0 Å². The molecule has 5 nitrogen and oxygen atoms in total. The highest BCUT2D eigenvalue weighted by Crippen LogP contribution is 2.27. The molecule has 0 spiro atoms. The predicted octanol–water partition coefficient (Wildman–Crippen LogP) is 0.834. The molecule has 7 heteroatoms. The van der Waals surface area contributed by atoms with Crippen LogP contribution >= 0.6 is 12.4 Å². The molecule has 2 aliphatic heterocycles. The van der Waals surface area contributed by atoms with E-state index in [-0.39, 0.29) is 30.1 Å². The Hall–Kier alpha value is 0.120. The lowest BCUT2D eigenvalue weighted by molar-refractivity contribution is 0.183. The molecule has 114 valence electrons. The summed E-state index contributed by atoms with van der Waals surface area (Å²) in [6.45, 7) is 4.41. The van der Waals surface area contributed by atoms with Crippen molar-refractivity contribution in [3.05, 3.63) is 0 Å². The van der Waals surface area contributed by atoms with Crippen LogP contribution in [0.4, 0.5) is 0 Å². The summed E-state index contributed by atoms with van der Waals surface area (Å²) in [7, 11) is -3.19. The molecule has 2 rings (SSSR count). The molecule has 2 N–H and O–H groups in total. The second kappa shape index (κ2) is 7.22. The number of hydrogen-bond acceptors (Lipinski definition) is 4. The van der Waals surface area contributed by atoms with E-state index in [1.165, 1.54) is 0 Å². The average Bonchev–Trinajstić information content (AvgIpc) is 2.80. The van der Waals surface area contributed by atoms with E-state index in [2.05, 4.69) is 6.92 Å². The zero-order chi connectivity index (χ0) is 13.2. The van der Waals surface area contributed by atoms with Gasteiger partial charge in [-0.2, -0.15) is 4.31 Å². The van der Waals surface area contributed by atoms with Crippen LogP contribution in [0.1, 0.15) is 26.2 Å². The summed E-state index contributed by atoms with van der Waals surface area (Å²) >= 11 is 0. The Bertz CT molecular complexity index is 371. The van der Waals surface area contributed by atoms with Crippen LogP contribution in [0.2, 0.25) is 0 Å². The average molecular weight is 313 g/mol. The summed E-state index contributed by atoms with van der Waals surface area (Å²) in [4.78, 5) is 0. The van der Waals surface area contributed by atoms with Gasteiger partial charge in [0.25, 0.3) is 0 Å². The van der Waals surface area contributed by atoms with Gasteiger partial charge in [-0.3, -0.25) is 0 Å². The van der Waals surface area contributed by atoms with Gasteiger partial charge in [-0.25, -0.2) is 8.42 Å². The maximum Gasteiger partial charge on any atom is 0.214 e. The molecule has 0 saturated carbocycles. The normalized spacial score (nSPS) is 33.1. The third-order valence-corrected chi connectivity index (χ3v) is 6.19. The number of rotatable bonds is 4. The molecule has 2 fully saturated rings. The van der Waals surface area contributed by atoms with E-state index in [1.807, 2.05) is 0 Å². The number of sulfonamides is 1. The minimum Gasteiger partial charge on any atom is -0.381 e. The molecule has 2 saturated heterocycles. The number of halogens is 1. The Morgan fingerprint density at radius 1 is 1.37 bits per heavy atom. The van der Waals surface area contributed by atoms with Crippen molar-refractivity contribution < 1.29 is 13.2 Å². The van der Waals surface area contributed by atoms with Crippen LogP contribution in [0.25, 0.3) is 0 Å². The van der Waals surface area contributed by atoms with Crippen molar-refractivity contribution in [2.75, 3.05) is 32.1 Å². The Morgan fingerprint density at radius 2 is 2.11 bits per heavy atom. The van der Waals surface area contributed by atoms with Crippen LogP contribution in [0.3, 0.4) is 0 Å². The van der Waals surface area contributed by atoms with Gasteiger partial charge in [-0.05, 0) is 31.1 Å². The topological polar surface area (TPSA) is 72.6 Å². The summed E-state index contributed by atoms with van der Waals surface area (Å²) in [6.07, 6.45) is 2.87. The van der Waals surface area contributed by atoms with E-state index in [9.17, 15) is 8.42 Å². The van der Waals surface area contributed by atoms with E-state index in [0.717, 1.165) is 19.3 Å². The lowest BCUT2D eigenvalue weighted by Gasteiger charge is -2.38. The molecule has 0 aromatic rings. The largest absolute Gasteiger partial charge is 0.381 e. The number of hydrogen-bond donors (Lipinski definition) is 1. The van der Waals surface area contributed by atoms with Gasteiger partial charge in [0.2, 0.25) is 10.0 Å². The number of nitrogens with zero attached hydrogens (tertiary/aromatic N) is 1. The standard InChI is InChI=1S/C12H24N2O3S.ClH/c1-10-3-2-5-14(12(10)7-13)18(15,16)9-11-4-6-17-8-11;/h10-12H,2-9,13H2,1H3;1H. The van der Waals surface area contributed by atoms with Crippen molar-refractivity contribution in [1.29, 1.82) is 0 Å². The van der Waals surface area contributed by atoms with Gasteiger partial charge < -0.3 is 10.5 Å². The fourth-order valence-electron chi connectivity index (χ4n) is 3.01. The molecule has 0 aliphatic carbocycles. The highest BCUT2D eigenvalue weighted by molar-refractivity contribution is 7.89. The molecular formula is C12H25ClN2O3S. The minimum absolute atomic E-state index is 0. The Labute approximate surface area is 122 Å². The Morgan fingerprint density at radius 3 is 2.68 bits per heavy atom. The molecule has 0 radical (unpaired) electrons. The quantitative estimate of drug-likeness (QED) is 0.834. The number of piperidine rings is 1. The van der Waals surface area contributed by atoms with Crippen molar-refractivity contribution in [2.45, 2.75) is 32.2 Å². The summed E-state index contributed by atoms with van der Waals surface area (Å²) in [5.74, 6) is 0.736. The molecule has 0 amide bonds. The van der Waals surface area contributed by atoms with Crippen LogP contribution < -0.4 is 5.73 Å². The van der Waals surface area contributed by atoms with E-state index in [4.69, 9.17) is 10.5 Å². The van der Waals surface area contributed by atoms with Gasteiger partial charge in [-0.15, -0.1) is 12.4 Å². The second-order valence-electron chi connectivity index (χ2n) is 5.54. The highest BCUT2D eigenvalue weighted by atomic mass is 35.5. The maximum atomic E-state index is 12.5. The second-order valence-corrected chi connectivity index (χ2v) is 7.51. The fraction of sp³-hybridized carbons (Fsp3) is 1.00. The van der Waals surface area contributed by atoms with Gasteiger partial charge in [0.1, 0.15) is 0 Å². The SMILES string of the molecule is CC1CCCN(S(=O)(=O)CC2CCOC2)C1CN.Cl. The summed E-state index contributed by atoms with van der Waals surface area (Å²) in [5.41, 5.74) is 5.76. The van der Waals surface area contributed by atoms with Crippen LogP contribution in [-0.4, -0.2) is 50.8 Å². The number of ether oxygens (including phenoxy) is 1. The first kappa shape index (κ1) is 17.2. The monoisotopic (exact) mass is 312 g/mol. The fourth-order valence-corrected chi connectivity index (χ4v) is 5.18. The van der Waals surface area contributed by atoms with Crippen molar-refractivity contribution >= 4 is 22.4 Å². The van der Waals surface area contributed by atoms with Gasteiger partial charge in [-0.1, -0.05) is 6.92 Å². The smallest absolute Gasteiger partial charge is 0.214 e. The first-order chi connectivity index (χ1) is 8.54. The van der Waals surface area contributed by atoms with Gasteiger partial charge in [0.15, 0.2) is 0 Å². The Kier molecular flexibility index (Phi) is 6.53. The summed E-state index contributed by atoms with van der Waals surface area (Å²) < 4.78 is 31.9. The van der Waals surface area contributed by atoms with Crippen LogP contribution in [0.15, 0.2) is 0 Å². The van der Waals surface area contributed by atoms with Crippen LogP contribution in [0, 0.1) is 11.8 Å². The zero-order valence-corrected chi connectivity index (χ0v) is 13.1. The number of nitrogens with two attached hydrogens (primary N) is 1. The predicted molar refractivity (Wildman–Crippen MR) is 77.9 cm³/mol. The van der Waals surface area contributed by atoms with E-state index in [1.54, 1.807) is 4.31 Å². The minimum atomic E-state index is -3.19. The summed E-state index contributed by atoms with van der Waals surface area (Å²) in [6, 6.07) is -0.0222. The zero-order valence-electron chi connectivity index (χ0n) is 11.5. The summed E-state index contributed by atoms with van der Waals surface area (Å²) in [5, 5.41) is 0. The van der Waals surface area contributed by atoms with Crippen molar-refractivity contribution in [3.8, 4) is 0 Å². The molecule has 3 atom stereocenters. The first-order valence-electron chi connectivity index (χ1n) is 6.82. The molecule has 0 bridgehead atoms. The molecule has 2 heterocycles. The molecule has 3 unspecified atom stereocenters. The molecular weight excluding hydrogens is 288 g/mol. The molecule has 2 aliphatic rings. The van der Waals surface area contributed by atoms with Crippen molar-refractivity contribution in [2.24, 2.45) is 17.6 Å². The van der Waals surface area contributed by atoms with Crippen LogP contribution in [0.5, 0.6) is 0 Å². The molecule has 0 aromatic heterocycles. The van der Waals surface area contributed by atoms with Crippen LogP contribution in [-0.2, 0) is 14.8 Å². The lowest BCUT2D eigenvalue weighted by Crippen LogP contribution is -2.52. The first-order valence-corrected chi connectivity index (χ1v) is 8.43. The van der Waals surface area contributed by atoms with E-state index in [0.29, 0.717) is 32.2 Å². The third-order valence-electron chi connectivity index (χ3n) is 4.13. The van der Waals surface area contributed by atoms with Gasteiger partial charge in [0.05, 0.1) is 12.4 Å². The van der Waals surface area contributed by atoms with Crippen molar-refractivity contribution in [3.63, 3.8) is 0 Å². The lowest BCUT2D eigenvalue weighted by atomic mass is 9.93. The highest BCUT2D eigenvalue weighted by Gasteiger charge is 2.37. The molecule has 19 heavy (non-hydrogen) atoms. The van der Waals surface area contributed by atoms with Crippen molar-refractivity contribution in [1.82, 2.24) is 4.31 Å². The van der Waals surface area contributed by atoms with Gasteiger partial charge in [0, 0.05) is 25.7 Å². The molecule has 0 aromatic carbocycles. The maximum absolute atomic E-state index is 12.5. The third kappa shape index (κ3) is 4.04. The van der Waals surface area contributed by atoms with Gasteiger partial charge >= 0.3 is 0 Å².